The predicted molar refractivity (Wildman–Crippen MR) is 284 cm³/mol. The third kappa shape index (κ3) is 5.96. The molecule has 0 bridgehead atoms. The van der Waals surface area contributed by atoms with Crippen LogP contribution in [0.25, 0.3) is 54.6 Å². The first kappa shape index (κ1) is 39.2. The number of hydrogen-bond acceptors (Lipinski definition) is 2. The molecule has 2 heteroatoms. The molecule has 67 heavy (non-hydrogen) atoms. The van der Waals surface area contributed by atoms with Crippen LogP contribution in [0, 0.1) is 27.7 Å². The summed E-state index contributed by atoms with van der Waals surface area (Å²) in [6, 6.07) is 82.5. The lowest BCUT2D eigenvalue weighted by Crippen LogP contribution is -2.26. The van der Waals surface area contributed by atoms with Gasteiger partial charge in [-0.2, -0.15) is 0 Å². The second kappa shape index (κ2) is 14.9. The Hall–Kier alpha value is -8.20. The highest BCUT2D eigenvalue weighted by molar-refractivity contribution is 6.11. The molecule has 2 nitrogen and oxygen atoms in total. The van der Waals surface area contributed by atoms with E-state index >= 15 is 0 Å². The van der Waals surface area contributed by atoms with Gasteiger partial charge in [0.2, 0.25) is 0 Å². The van der Waals surface area contributed by atoms with E-state index in [1.165, 1.54) is 99.1 Å². The molecule has 318 valence electrons. The van der Waals surface area contributed by atoms with Crippen molar-refractivity contribution in [3.63, 3.8) is 0 Å². The van der Waals surface area contributed by atoms with Crippen molar-refractivity contribution in [1.29, 1.82) is 0 Å². The van der Waals surface area contributed by atoms with Gasteiger partial charge in [-0.1, -0.05) is 156 Å². The summed E-state index contributed by atoms with van der Waals surface area (Å²) >= 11 is 0. The highest BCUT2D eigenvalue weighted by Crippen LogP contribution is 2.65. The van der Waals surface area contributed by atoms with E-state index in [2.05, 4.69) is 256 Å². The SMILES string of the molecule is Cc1ccc(N(c2ccc(C)cc2)c2ccc3cc4c(cc3c2)C2(c3ccccc3-c3c2ccc2ccccc32)c2c-4ccc3cc(N(c4ccc(C)cc4)c4ccc(C)cc4)ccc23)cc1. The van der Waals surface area contributed by atoms with Gasteiger partial charge in [0.1, 0.15) is 0 Å². The predicted octanol–water partition coefficient (Wildman–Crippen LogP) is 17.7. The normalized spacial score (nSPS) is 14.3. The van der Waals surface area contributed by atoms with Gasteiger partial charge in [-0.15, -0.1) is 0 Å². The Morgan fingerprint density at radius 3 is 1.39 bits per heavy atom. The Morgan fingerprint density at radius 2 is 0.776 bits per heavy atom. The van der Waals surface area contributed by atoms with Crippen molar-refractivity contribution < 1.29 is 0 Å². The van der Waals surface area contributed by atoms with Crippen LogP contribution in [0.2, 0.25) is 0 Å². The van der Waals surface area contributed by atoms with Crippen LogP contribution >= 0.6 is 0 Å². The van der Waals surface area contributed by atoms with E-state index in [1.54, 1.807) is 0 Å². The molecule has 0 heterocycles. The lowest BCUT2D eigenvalue weighted by molar-refractivity contribution is 0.803. The standard InChI is InChI=1S/C65H48N2/c1-41-13-24-49(25-14-41)66(50-26-15-42(2)16-27-50)53-32-21-46-39-59-57-34-22-47-37-54(67(51-28-17-43(3)18-29-51)52-30-19-44(4)20-31-52)33-35-56(47)64(57)65(62(59)40-48(46)38-53)60-12-8-7-11-58(60)63-55-10-6-5-9-45(55)23-36-61(63)65/h5-40H,1-4H3. The maximum atomic E-state index is 2.54. The number of anilines is 6. The summed E-state index contributed by atoms with van der Waals surface area (Å²) < 4.78 is 0. The molecule has 0 fully saturated rings. The molecule has 1 atom stereocenters. The zero-order valence-electron chi connectivity index (χ0n) is 38.2. The van der Waals surface area contributed by atoms with Crippen molar-refractivity contribution in [2.24, 2.45) is 0 Å². The maximum absolute atomic E-state index is 2.54. The van der Waals surface area contributed by atoms with Crippen LogP contribution in [0.1, 0.15) is 44.5 Å². The van der Waals surface area contributed by atoms with Crippen LogP contribution < -0.4 is 9.80 Å². The summed E-state index contributed by atoms with van der Waals surface area (Å²) in [7, 11) is 0. The van der Waals surface area contributed by atoms with E-state index < -0.39 is 5.41 Å². The third-order valence-corrected chi connectivity index (χ3v) is 14.7. The highest BCUT2D eigenvalue weighted by atomic mass is 15.1. The fourth-order valence-electron chi connectivity index (χ4n) is 11.5. The van der Waals surface area contributed by atoms with Crippen LogP contribution in [0.5, 0.6) is 0 Å². The molecule has 0 radical (unpaired) electrons. The minimum Gasteiger partial charge on any atom is -0.310 e. The van der Waals surface area contributed by atoms with Crippen molar-refractivity contribution >= 4 is 66.4 Å². The summed E-state index contributed by atoms with van der Waals surface area (Å²) in [6.07, 6.45) is 0. The van der Waals surface area contributed by atoms with Crippen LogP contribution in [0.4, 0.5) is 34.1 Å². The van der Waals surface area contributed by atoms with Gasteiger partial charge in [-0.05, 0) is 189 Å². The van der Waals surface area contributed by atoms with Crippen LogP contribution in [-0.2, 0) is 5.41 Å². The molecule has 2 aliphatic rings. The first-order valence-electron chi connectivity index (χ1n) is 23.5. The van der Waals surface area contributed by atoms with E-state index in [1.807, 2.05) is 0 Å². The zero-order valence-corrected chi connectivity index (χ0v) is 38.2. The number of rotatable bonds is 6. The molecule has 0 saturated carbocycles. The topological polar surface area (TPSA) is 6.48 Å². The van der Waals surface area contributed by atoms with Crippen molar-refractivity contribution in [2.45, 2.75) is 33.1 Å². The van der Waals surface area contributed by atoms with Crippen molar-refractivity contribution in [2.75, 3.05) is 9.80 Å². The Labute approximate surface area is 392 Å². The monoisotopic (exact) mass is 856 g/mol. The van der Waals surface area contributed by atoms with Gasteiger partial charge in [-0.25, -0.2) is 0 Å². The van der Waals surface area contributed by atoms with Gasteiger partial charge in [0, 0.05) is 34.1 Å². The largest absolute Gasteiger partial charge is 0.310 e. The van der Waals surface area contributed by atoms with E-state index in [-0.39, 0.29) is 0 Å². The fourth-order valence-corrected chi connectivity index (χ4v) is 11.5. The highest BCUT2D eigenvalue weighted by Gasteiger charge is 2.53. The molecule has 11 aromatic rings. The molecule has 0 saturated heterocycles. The second-order valence-electron chi connectivity index (χ2n) is 18.8. The Balaban J connectivity index is 1.08. The van der Waals surface area contributed by atoms with Crippen LogP contribution in [-0.4, -0.2) is 0 Å². The number of fused-ring (bicyclic) bond motifs is 15. The van der Waals surface area contributed by atoms with Gasteiger partial charge < -0.3 is 9.80 Å². The number of hydrogen-bond donors (Lipinski definition) is 0. The Bertz CT molecular complexity index is 3680. The molecule has 11 aromatic carbocycles. The summed E-state index contributed by atoms with van der Waals surface area (Å²) in [5.74, 6) is 0. The van der Waals surface area contributed by atoms with Crippen LogP contribution in [0.3, 0.4) is 0 Å². The molecule has 2 aliphatic carbocycles. The second-order valence-corrected chi connectivity index (χ2v) is 18.8. The Kier molecular flexibility index (Phi) is 8.73. The van der Waals surface area contributed by atoms with Crippen molar-refractivity contribution in [3.05, 3.63) is 263 Å². The first-order valence-corrected chi connectivity index (χ1v) is 23.5. The molecule has 1 spiro atoms. The van der Waals surface area contributed by atoms with Gasteiger partial charge in [0.25, 0.3) is 0 Å². The average molecular weight is 857 g/mol. The average Bonchev–Trinajstić information content (AvgIpc) is 3.82. The number of nitrogens with zero attached hydrogens (tertiary/aromatic N) is 2. The van der Waals surface area contributed by atoms with E-state index in [0.717, 1.165) is 34.1 Å². The molecule has 0 amide bonds. The minimum atomic E-state index is -0.562. The smallest absolute Gasteiger partial charge is 0.0731 e. The third-order valence-electron chi connectivity index (χ3n) is 14.7. The van der Waals surface area contributed by atoms with Crippen molar-refractivity contribution in [3.8, 4) is 22.3 Å². The number of benzene rings is 11. The molecule has 0 N–H and O–H groups in total. The molecule has 1 unspecified atom stereocenters. The molecule has 0 aliphatic heterocycles. The first-order chi connectivity index (χ1) is 32.8. The Morgan fingerprint density at radius 1 is 0.284 bits per heavy atom. The van der Waals surface area contributed by atoms with E-state index in [0.29, 0.717) is 0 Å². The lowest BCUT2D eigenvalue weighted by Gasteiger charge is -2.32. The van der Waals surface area contributed by atoms with Crippen molar-refractivity contribution in [1.82, 2.24) is 0 Å². The molecule has 0 aromatic heterocycles. The van der Waals surface area contributed by atoms with Gasteiger partial charge >= 0.3 is 0 Å². The van der Waals surface area contributed by atoms with E-state index in [9.17, 15) is 0 Å². The van der Waals surface area contributed by atoms with Gasteiger partial charge in [0.15, 0.2) is 0 Å². The van der Waals surface area contributed by atoms with Gasteiger partial charge in [0.05, 0.1) is 5.41 Å². The summed E-state index contributed by atoms with van der Waals surface area (Å²) in [6.45, 7) is 8.61. The minimum absolute atomic E-state index is 0.562. The maximum Gasteiger partial charge on any atom is 0.0731 e. The van der Waals surface area contributed by atoms with Gasteiger partial charge in [-0.3, -0.25) is 0 Å². The van der Waals surface area contributed by atoms with Crippen LogP contribution in [0.15, 0.2) is 218 Å². The summed E-state index contributed by atoms with van der Waals surface area (Å²) in [4.78, 5) is 4.78. The zero-order chi connectivity index (χ0) is 45.0. The number of aryl methyl sites for hydroxylation is 4. The van der Waals surface area contributed by atoms with E-state index in [4.69, 9.17) is 0 Å². The molecule has 13 rings (SSSR count). The lowest BCUT2D eigenvalue weighted by atomic mass is 9.69. The quantitative estimate of drug-likeness (QED) is 0.164. The molecular weight excluding hydrogens is 809 g/mol. The fraction of sp³-hybridized carbons (Fsp3) is 0.0769. The molecular formula is C65H48N2. The summed E-state index contributed by atoms with van der Waals surface area (Å²) in [5, 5.41) is 7.50. The summed E-state index contributed by atoms with van der Waals surface area (Å²) in [5.41, 5.74) is 21.9.